The Labute approximate surface area is 106 Å². The van der Waals surface area contributed by atoms with Crippen molar-refractivity contribution in [2.75, 3.05) is 0 Å². The van der Waals surface area contributed by atoms with Crippen LogP contribution in [-0.2, 0) is 16.6 Å². The summed E-state index contributed by atoms with van der Waals surface area (Å²) in [6.45, 7) is 1.90. The lowest BCUT2D eigenvalue weighted by atomic mass is 9.76. The largest absolute Gasteiger partial charge is 0.391 e. The highest BCUT2D eigenvalue weighted by Gasteiger charge is 2.39. The lowest BCUT2D eigenvalue weighted by Crippen LogP contribution is -2.52. The molecule has 0 atom stereocenters. The fourth-order valence-electron chi connectivity index (χ4n) is 2.06. The van der Waals surface area contributed by atoms with Crippen molar-refractivity contribution in [2.24, 2.45) is 0 Å². The zero-order valence-electron chi connectivity index (χ0n) is 9.77. The van der Waals surface area contributed by atoms with Gasteiger partial charge in [0.1, 0.15) is 0 Å². The maximum Gasteiger partial charge on any atom is 0.241 e. The standard InChI is InChI=1S/C11H17NO3S2/c1-2-11(4-3-5-11)12-17(14,15)10-6-9(7-13)16-8-10/h6,8,12-13H,2-5,7H2,1H3. The summed E-state index contributed by atoms with van der Waals surface area (Å²) in [7, 11) is -3.43. The van der Waals surface area contributed by atoms with Crippen LogP contribution in [0.4, 0.5) is 0 Å². The molecule has 0 unspecified atom stereocenters. The van der Waals surface area contributed by atoms with Crippen molar-refractivity contribution in [3.8, 4) is 0 Å². The number of aliphatic hydroxyl groups is 1. The first-order valence-electron chi connectivity index (χ1n) is 5.73. The Hall–Kier alpha value is -0.430. The van der Waals surface area contributed by atoms with Crippen LogP contribution in [0, 0.1) is 0 Å². The summed E-state index contributed by atoms with van der Waals surface area (Å²) in [5, 5.41) is 10.5. The van der Waals surface area contributed by atoms with Crippen LogP contribution in [0.3, 0.4) is 0 Å². The van der Waals surface area contributed by atoms with E-state index in [0.29, 0.717) is 4.88 Å². The van der Waals surface area contributed by atoms with Crippen molar-refractivity contribution >= 4 is 21.4 Å². The molecule has 0 radical (unpaired) electrons. The SMILES string of the molecule is CCC1(NS(=O)(=O)c2csc(CO)c2)CCC1. The van der Waals surface area contributed by atoms with Gasteiger partial charge >= 0.3 is 0 Å². The number of rotatable bonds is 5. The van der Waals surface area contributed by atoms with Crippen molar-refractivity contribution < 1.29 is 13.5 Å². The number of thiophene rings is 1. The van der Waals surface area contributed by atoms with E-state index in [0.717, 1.165) is 25.7 Å². The van der Waals surface area contributed by atoms with Gasteiger partial charge in [-0.3, -0.25) is 0 Å². The molecule has 4 nitrogen and oxygen atoms in total. The second-order valence-electron chi connectivity index (χ2n) is 4.50. The zero-order valence-corrected chi connectivity index (χ0v) is 11.4. The zero-order chi connectivity index (χ0) is 12.5. The topological polar surface area (TPSA) is 66.4 Å². The minimum absolute atomic E-state index is 0.112. The van der Waals surface area contributed by atoms with Gasteiger partial charge in [-0.25, -0.2) is 13.1 Å². The minimum Gasteiger partial charge on any atom is -0.391 e. The van der Waals surface area contributed by atoms with Crippen molar-refractivity contribution in [3.05, 3.63) is 16.3 Å². The molecule has 2 N–H and O–H groups in total. The molecule has 1 saturated carbocycles. The molecule has 0 aliphatic heterocycles. The lowest BCUT2D eigenvalue weighted by molar-refractivity contribution is 0.214. The molecule has 0 bridgehead atoms. The highest BCUT2D eigenvalue weighted by Crippen LogP contribution is 2.36. The molecule has 2 rings (SSSR count). The number of hydrogen-bond acceptors (Lipinski definition) is 4. The Morgan fingerprint density at radius 2 is 2.24 bits per heavy atom. The van der Waals surface area contributed by atoms with Gasteiger partial charge in [-0.1, -0.05) is 6.92 Å². The van der Waals surface area contributed by atoms with Crippen molar-refractivity contribution in [1.82, 2.24) is 4.72 Å². The van der Waals surface area contributed by atoms with E-state index < -0.39 is 10.0 Å². The van der Waals surface area contributed by atoms with E-state index in [2.05, 4.69) is 4.72 Å². The van der Waals surface area contributed by atoms with E-state index in [9.17, 15) is 8.42 Å². The Morgan fingerprint density at radius 3 is 2.65 bits per heavy atom. The Morgan fingerprint density at radius 1 is 1.53 bits per heavy atom. The number of nitrogens with one attached hydrogen (secondary N) is 1. The minimum atomic E-state index is -3.43. The summed E-state index contributed by atoms with van der Waals surface area (Å²) in [5.74, 6) is 0. The molecule has 1 fully saturated rings. The summed E-state index contributed by atoms with van der Waals surface area (Å²) in [6, 6.07) is 1.54. The maximum absolute atomic E-state index is 12.1. The highest BCUT2D eigenvalue weighted by atomic mass is 32.2. The van der Waals surface area contributed by atoms with E-state index in [1.54, 1.807) is 5.38 Å². The third-order valence-corrected chi connectivity index (χ3v) is 6.06. The summed E-state index contributed by atoms with van der Waals surface area (Å²) in [6.07, 6.45) is 3.74. The van der Waals surface area contributed by atoms with E-state index in [1.165, 1.54) is 17.4 Å². The van der Waals surface area contributed by atoms with Crippen molar-refractivity contribution in [1.29, 1.82) is 0 Å². The van der Waals surface area contributed by atoms with Gasteiger partial charge in [0.25, 0.3) is 0 Å². The molecule has 1 heterocycles. The molecule has 1 aliphatic rings. The molecule has 17 heavy (non-hydrogen) atoms. The average molecular weight is 275 g/mol. The second kappa shape index (κ2) is 4.68. The van der Waals surface area contributed by atoms with Crippen molar-refractivity contribution in [3.63, 3.8) is 0 Å². The molecule has 0 amide bonds. The lowest BCUT2D eigenvalue weighted by Gasteiger charge is -2.41. The predicted molar refractivity (Wildman–Crippen MR) is 67.4 cm³/mol. The molecule has 6 heteroatoms. The summed E-state index contributed by atoms with van der Waals surface area (Å²) >= 11 is 1.27. The molecular weight excluding hydrogens is 258 g/mol. The van der Waals surface area contributed by atoms with E-state index in [-0.39, 0.29) is 17.0 Å². The Balaban J connectivity index is 2.18. The third-order valence-electron chi connectivity index (χ3n) is 3.43. The second-order valence-corrected chi connectivity index (χ2v) is 7.18. The molecule has 0 spiro atoms. The van der Waals surface area contributed by atoms with Gasteiger partial charge in [-0.2, -0.15) is 0 Å². The number of hydrogen-bond donors (Lipinski definition) is 2. The number of sulfonamides is 1. The van der Waals surface area contributed by atoms with Crippen LogP contribution in [0.2, 0.25) is 0 Å². The Bertz CT molecular complexity index is 483. The third kappa shape index (κ3) is 2.54. The first kappa shape index (κ1) is 13.0. The highest BCUT2D eigenvalue weighted by molar-refractivity contribution is 7.89. The molecule has 0 saturated heterocycles. The molecule has 96 valence electrons. The number of aliphatic hydroxyl groups excluding tert-OH is 1. The summed E-state index contributed by atoms with van der Waals surface area (Å²) in [5.41, 5.74) is -0.236. The molecule has 1 aromatic heterocycles. The van der Waals surface area contributed by atoms with Crippen LogP contribution in [0.5, 0.6) is 0 Å². The van der Waals surface area contributed by atoms with Gasteiger partial charge < -0.3 is 5.11 Å². The molecule has 1 aromatic rings. The molecular formula is C11H17NO3S2. The average Bonchev–Trinajstić information content (AvgIpc) is 2.72. The van der Waals surface area contributed by atoms with Gasteiger partial charge in [0.05, 0.1) is 11.5 Å². The van der Waals surface area contributed by atoms with Gasteiger partial charge in [0, 0.05) is 15.8 Å². The monoisotopic (exact) mass is 275 g/mol. The summed E-state index contributed by atoms with van der Waals surface area (Å²) in [4.78, 5) is 0.941. The van der Waals surface area contributed by atoms with Crippen LogP contribution in [0.15, 0.2) is 16.3 Å². The first-order valence-corrected chi connectivity index (χ1v) is 8.10. The van der Waals surface area contributed by atoms with E-state index in [4.69, 9.17) is 5.11 Å². The van der Waals surface area contributed by atoms with Crippen LogP contribution < -0.4 is 4.72 Å². The smallest absolute Gasteiger partial charge is 0.241 e. The van der Waals surface area contributed by atoms with Crippen LogP contribution >= 0.6 is 11.3 Å². The first-order chi connectivity index (χ1) is 8.01. The quantitative estimate of drug-likeness (QED) is 0.862. The van der Waals surface area contributed by atoms with Crippen LogP contribution in [0.1, 0.15) is 37.5 Å². The predicted octanol–water partition coefficient (Wildman–Crippen LogP) is 1.85. The molecule has 1 aliphatic carbocycles. The van der Waals surface area contributed by atoms with Gasteiger partial charge in [-0.15, -0.1) is 11.3 Å². The van der Waals surface area contributed by atoms with E-state index >= 15 is 0 Å². The van der Waals surface area contributed by atoms with Gasteiger partial charge in [0.15, 0.2) is 0 Å². The van der Waals surface area contributed by atoms with Crippen molar-refractivity contribution in [2.45, 2.75) is 49.6 Å². The van der Waals surface area contributed by atoms with Gasteiger partial charge in [-0.05, 0) is 31.7 Å². The fourth-order valence-corrected chi connectivity index (χ4v) is 4.72. The maximum atomic E-state index is 12.1. The van der Waals surface area contributed by atoms with Crippen LogP contribution in [-0.4, -0.2) is 19.1 Å². The van der Waals surface area contributed by atoms with Crippen LogP contribution in [0.25, 0.3) is 0 Å². The molecule has 0 aromatic carbocycles. The summed E-state index contributed by atoms with van der Waals surface area (Å²) < 4.78 is 27.1. The Kier molecular flexibility index (Phi) is 3.58. The van der Waals surface area contributed by atoms with E-state index in [1.807, 2.05) is 6.92 Å². The fraction of sp³-hybridized carbons (Fsp3) is 0.636. The normalized spacial score (nSPS) is 18.9. The van der Waals surface area contributed by atoms with Gasteiger partial charge in [0.2, 0.25) is 10.0 Å².